The molecule has 2 amide bonds. The van der Waals surface area contributed by atoms with Gasteiger partial charge in [-0.2, -0.15) is 0 Å². The standard InChI is InChI=1S/C24H42N2O7/c1-5-9-14-20(30-17-10-6-2)22(27)33-26-16-13-15-25(24(26)29)21(31-18-11-7-3)23(28)32-19-12-8-4/h13,16,20-21H,5-12,14-15,17-19H2,1-4H3. The molecule has 0 bridgehead atoms. The van der Waals surface area contributed by atoms with E-state index in [9.17, 15) is 14.4 Å². The van der Waals surface area contributed by atoms with E-state index in [1.165, 1.54) is 11.1 Å². The Morgan fingerprint density at radius 1 is 0.879 bits per heavy atom. The van der Waals surface area contributed by atoms with E-state index in [0.29, 0.717) is 19.6 Å². The molecule has 1 aliphatic heterocycles. The summed E-state index contributed by atoms with van der Waals surface area (Å²) in [6.07, 6.45) is 8.30. The van der Waals surface area contributed by atoms with Gasteiger partial charge in [-0.05, 0) is 31.8 Å². The highest BCUT2D eigenvalue weighted by Gasteiger charge is 2.37. The number of rotatable bonds is 18. The van der Waals surface area contributed by atoms with Crippen LogP contribution in [-0.4, -0.2) is 66.6 Å². The molecule has 0 radical (unpaired) electrons. The highest BCUT2D eigenvalue weighted by Crippen LogP contribution is 2.17. The molecule has 9 nitrogen and oxygen atoms in total. The molecule has 1 rings (SSSR count). The Balaban J connectivity index is 2.85. The summed E-state index contributed by atoms with van der Waals surface area (Å²) < 4.78 is 16.7. The first-order chi connectivity index (χ1) is 16.0. The Morgan fingerprint density at radius 2 is 1.48 bits per heavy atom. The SMILES string of the molecule is CCCCOC(=O)C(OCCCC)N1CC=CN(OC(=O)C(CCCC)OCCCC)C1=O. The number of hydroxylamine groups is 2. The fourth-order valence-electron chi connectivity index (χ4n) is 2.99. The van der Waals surface area contributed by atoms with Gasteiger partial charge in [-0.3, -0.25) is 4.90 Å². The number of carbonyl (C=O) groups excluding carboxylic acids is 3. The van der Waals surface area contributed by atoms with Crippen LogP contribution < -0.4 is 0 Å². The predicted octanol–water partition coefficient (Wildman–Crippen LogP) is 4.56. The van der Waals surface area contributed by atoms with Crippen LogP contribution in [0.3, 0.4) is 0 Å². The summed E-state index contributed by atoms with van der Waals surface area (Å²) in [6, 6.07) is -0.664. The first kappa shape index (κ1) is 28.9. The van der Waals surface area contributed by atoms with E-state index in [-0.39, 0.29) is 13.2 Å². The molecule has 1 heterocycles. The highest BCUT2D eigenvalue weighted by atomic mass is 16.7. The van der Waals surface area contributed by atoms with Crippen LogP contribution in [0.2, 0.25) is 0 Å². The van der Waals surface area contributed by atoms with Gasteiger partial charge in [-0.15, -0.1) is 5.06 Å². The predicted molar refractivity (Wildman–Crippen MR) is 124 cm³/mol. The quantitative estimate of drug-likeness (QED) is 0.214. The maximum Gasteiger partial charge on any atom is 0.361 e. The summed E-state index contributed by atoms with van der Waals surface area (Å²) in [7, 11) is 0. The van der Waals surface area contributed by atoms with Crippen molar-refractivity contribution in [3.8, 4) is 0 Å². The van der Waals surface area contributed by atoms with Crippen molar-refractivity contribution in [3.05, 3.63) is 12.3 Å². The molecule has 0 aromatic carbocycles. The Bertz CT molecular complexity index is 612. The maximum atomic E-state index is 13.1. The number of urea groups is 1. The summed E-state index contributed by atoms with van der Waals surface area (Å²) in [6.45, 7) is 9.22. The van der Waals surface area contributed by atoms with Crippen LogP contribution in [0.4, 0.5) is 4.79 Å². The minimum absolute atomic E-state index is 0.138. The summed E-state index contributed by atoms with van der Waals surface area (Å²) in [5, 5.41) is 0.837. The van der Waals surface area contributed by atoms with E-state index in [0.717, 1.165) is 56.4 Å². The van der Waals surface area contributed by atoms with Gasteiger partial charge in [0.05, 0.1) is 6.61 Å². The van der Waals surface area contributed by atoms with E-state index in [1.807, 2.05) is 27.7 Å². The molecule has 0 saturated heterocycles. The van der Waals surface area contributed by atoms with Crippen LogP contribution in [0.25, 0.3) is 0 Å². The van der Waals surface area contributed by atoms with Crippen LogP contribution in [0.5, 0.6) is 0 Å². The smallest absolute Gasteiger partial charge is 0.361 e. The zero-order valence-electron chi connectivity index (χ0n) is 20.8. The van der Waals surface area contributed by atoms with Gasteiger partial charge in [0.2, 0.25) is 6.23 Å². The largest absolute Gasteiger partial charge is 0.462 e. The highest BCUT2D eigenvalue weighted by molar-refractivity contribution is 5.85. The zero-order valence-corrected chi connectivity index (χ0v) is 20.8. The van der Waals surface area contributed by atoms with Gasteiger partial charge in [0.15, 0.2) is 6.10 Å². The molecule has 2 atom stereocenters. The first-order valence-electron chi connectivity index (χ1n) is 12.4. The van der Waals surface area contributed by atoms with Gasteiger partial charge < -0.3 is 19.0 Å². The normalized spacial score (nSPS) is 15.5. The number of carbonyl (C=O) groups is 3. The Hall–Kier alpha value is -2.13. The molecule has 190 valence electrons. The van der Waals surface area contributed by atoms with Gasteiger partial charge in [0.1, 0.15) is 0 Å². The van der Waals surface area contributed by atoms with Crippen molar-refractivity contribution >= 4 is 18.0 Å². The summed E-state index contributed by atoms with van der Waals surface area (Å²) >= 11 is 0. The molecule has 2 unspecified atom stereocenters. The third-order valence-corrected chi connectivity index (χ3v) is 5.07. The van der Waals surface area contributed by atoms with Crippen LogP contribution in [0.1, 0.15) is 85.5 Å². The van der Waals surface area contributed by atoms with Gasteiger partial charge in [0.25, 0.3) is 0 Å². The van der Waals surface area contributed by atoms with Gasteiger partial charge in [-0.25, -0.2) is 14.4 Å². The number of nitrogens with zero attached hydrogens (tertiary/aromatic N) is 2. The first-order valence-corrected chi connectivity index (χ1v) is 12.4. The third-order valence-electron chi connectivity index (χ3n) is 5.07. The fraction of sp³-hybridized carbons (Fsp3) is 0.792. The lowest BCUT2D eigenvalue weighted by Crippen LogP contribution is -2.54. The molecular formula is C24H42N2O7. The second-order valence-electron chi connectivity index (χ2n) is 8.01. The molecule has 0 aromatic rings. The van der Waals surface area contributed by atoms with Gasteiger partial charge in [-0.1, -0.05) is 59.8 Å². The monoisotopic (exact) mass is 470 g/mol. The fourth-order valence-corrected chi connectivity index (χ4v) is 2.99. The average Bonchev–Trinajstić information content (AvgIpc) is 2.81. The lowest BCUT2D eigenvalue weighted by Gasteiger charge is -2.34. The molecule has 0 saturated carbocycles. The molecular weight excluding hydrogens is 428 g/mol. The van der Waals surface area contributed by atoms with E-state index >= 15 is 0 Å². The lowest BCUT2D eigenvalue weighted by molar-refractivity contribution is -0.189. The number of esters is 1. The van der Waals surface area contributed by atoms with Crippen molar-refractivity contribution in [2.45, 2.75) is 97.8 Å². The minimum Gasteiger partial charge on any atom is -0.462 e. The van der Waals surface area contributed by atoms with E-state index in [2.05, 4.69) is 0 Å². The average molecular weight is 471 g/mol. The molecule has 0 fully saturated rings. The second kappa shape index (κ2) is 17.4. The number of hydrogen-bond acceptors (Lipinski definition) is 7. The molecule has 0 aromatic heterocycles. The third kappa shape index (κ3) is 10.6. The van der Waals surface area contributed by atoms with Gasteiger partial charge in [0, 0.05) is 26.0 Å². The van der Waals surface area contributed by atoms with E-state index < -0.39 is 30.3 Å². The van der Waals surface area contributed by atoms with Crippen molar-refractivity contribution in [1.82, 2.24) is 9.96 Å². The molecule has 0 aliphatic carbocycles. The number of ether oxygens (including phenoxy) is 3. The van der Waals surface area contributed by atoms with Crippen molar-refractivity contribution in [2.75, 3.05) is 26.4 Å². The van der Waals surface area contributed by atoms with Crippen molar-refractivity contribution < 1.29 is 33.4 Å². The van der Waals surface area contributed by atoms with Gasteiger partial charge >= 0.3 is 18.0 Å². The van der Waals surface area contributed by atoms with Crippen molar-refractivity contribution in [3.63, 3.8) is 0 Å². The molecule has 33 heavy (non-hydrogen) atoms. The molecule has 0 spiro atoms. The van der Waals surface area contributed by atoms with Crippen LogP contribution in [-0.2, 0) is 28.6 Å². The summed E-state index contributed by atoms with van der Waals surface area (Å²) in [5.41, 5.74) is 0. The van der Waals surface area contributed by atoms with E-state index in [4.69, 9.17) is 19.0 Å². The molecule has 1 aliphatic rings. The lowest BCUT2D eigenvalue weighted by atomic mass is 10.1. The van der Waals surface area contributed by atoms with Crippen LogP contribution in [0, 0.1) is 0 Å². The number of unbranched alkanes of at least 4 members (excludes halogenated alkanes) is 4. The Morgan fingerprint density at radius 3 is 2.12 bits per heavy atom. The van der Waals surface area contributed by atoms with Crippen molar-refractivity contribution in [2.24, 2.45) is 0 Å². The number of hydrogen-bond donors (Lipinski definition) is 0. The minimum atomic E-state index is -1.20. The van der Waals surface area contributed by atoms with E-state index in [1.54, 1.807) is 6.08 Å². The second-order valence-corrected chi connectivity index (χ2v) is 8.01. The van der Waals surface area contributed by atoms with Crippen LogP contribution >= 0.6 is 0 Å². The Labute approximate surface area is 198 Å². The Kier molecular flexibility index (Phi) is 15.2. The number of amides is 2. The topological polar surface area (TPSA) is 94.6 Å². The van der Waals surface area contributed by atoms with Crippen LogP contribution in [0.15, 0.2) is 12.3 Å². The molecule has 0 N–H and O–H groups in total. The molecule has 9 heteroatoms. The summed E-state index contributed by atoms with van der Waals surface area (Å²) in [4.78, 5) is 45.0. The maximum absolute atomic E-state index is 13.1. The van der Waals surface area contributed by atoms with Crippen molar-refractivity contribution in [1.29, 1.82) is 0 Å². The zero-order chi connectivity index (χ0) is 24.5. The summed E-state index contributed by atoms with van der Waals surface area (Å²) in [5.74, 6) is -1.26.